The molecule has 0 radical (unpaired) electrons. The molecule has 4 aromatic rings. The number of benzene rings is 2. The average molecular weight is 476 g/mol. The Hall–Kier alpha value is -2.00. The second kappa shape index (κ2) is 8.86. The number of imidazole rings is 1. The third kappa shape index (κ3) is 4.62. The fourth-order valence-electron chi connectivity index (χ4n) is 3.58. The largest absolute Gasteiger partial charge is 0.371 e. The predicted octanol–water partition coefficient (Wildman–Crippen LogP) is 5.28. The Morgan fingerprint density at radius 1 is 1.16 bits per heavy atom. The SMILES string of the molecule is Clc1ccc([C@]2(Cn3ccnc3)OC[C@@H](COCc3nc4ccc(Cl)cc4s3)O2)cc1. The Morgan fingerprint density at radius 2 is 2.00 bits per heavy atom. The summed E-state index contributed by atoms with van der Waals surface area (Å²) in [6, 6.07) is 13.2. The summed E-state index contributed by atoms with van der Waals surface area (Å²) in [5.74, 6) is -0.925. The highest BCUT2D eigenvalue weighted by Gasteiger charge is 2.43. The first-order valence-electron chi connectivity index (χ1n) is 9.76. The topological polar surface area (TPSA) is 58.4 Å². The zero-order valence-corrected chi connectivity index (χ0v) is 18.7. The number of rotatable bonds is 7. The van der Waals surface area contributed by atoms with Gasteiger partial charge in [0.05, 0.1) is 42.9 Å². The Kier molecular flexibility index (Phi) is 5.97. The van der Waals surface area contributed by atoms with E-state index >= 15 is 0 Å². The van der Waals surface area contributed by atoms with Gasteiger partial charge in [0.15, 0.2) is 0 Å². The number of ether oxygens (including phenoxy) is 3. The van der Waals surface area contributed by atoms with Crippen molar-refractivity contribution in [3.63, 3.8) is 0 Å². The Bertz CT molecular complexity index is 1170. The van der Waals surface area contributed by atoms with E-state index in [0.717, 1.165) is 20.8 Å². The zero-order chi connectivity index (χ0) is 21.3. The second-order valence-electron chi connectivity index (χ2n) is 7.28. The lowest BCUT2D eigenvalue weighted by Crippen LogP contribution is -2.34. The van der Waals surface area contributed by atoms with Crippen molar-refractivity contribution in [1.82, 2.24) is 14.5 Å². The summed E-state index contributed by atoms with van der Waals surface area (Å²) in [7, 11) is 0. The standard InChI is InChI=1S/C22H19Cl2N3O3S/c23-16-3-1-15(2-4-16)22(13-27-8-7-25-14-27)29-11-18(30-22)10-28-12-21-26-19-6-5-17(24)9-20(19)31-21/h1-9,14,18H,10-13H2/t18-,22-/m1/s1. The lowest BCUT2D eigenvalue weighted by Gasteiger charge is -2.29. The molecule has 2 aromatic heterocycles. The molecule has 1 aliphatic heterocycles. The first-order valence-corrected chi connectivity index (χ1v) is 11.3. The van der Waals surface area contributed by atoms with Crippen molar-refractivity contribution >= 4 is 44.8 Å². The molecule has 1 fully saturated rings. The van der Waals surface area contributed by atoms with Crippen molar-refractivity contribution < 1.29 is 14.2 Å². The number of nitrogens with zero attached hydrogens (tertiary/aromatic N) is 3. The normalized spacial score (nSPS) is 21.2. The molecular weight excluding hydrogens is 457 g/mol. The van der Waals surface area contributed by atoms with Gasteiger partial charge in [0.2, 0.25) is 5.79 Å². The average Bonchev–Trinajstić information content (AvgIpc) is 3.49. The number of halogens is 2. The van der Waals surface area contributed by atoms with Crippen LogP contribution in [0.2, 0.25) is 10.0 Å². The molecule has 2 aromatic carbocycles. The van der Waals surface area contributed by atoms with Gasteiger partial charge in [0.25, 0.3) is 0 Å². The highest BCUT2D eigenvalue weighted by molar-refractivity contribution is 7.18. The summed E-state index contributed by atoms with van der Waals surface area (Å²) in [6.45, 7) is 1.71. The van der Waals surface area contributed by atoms with Gasteiger partial charge >= 0.3 is 0 Å². The molecule has 0 saturated carbocycles. The molecule has 2 atom stereocenters. The van der Waals surface area contributed by atoms with Crippen LogP contribution >= 0.6 is 34.5 Å². The minimum Gasteiger partial charge on any atom is -0.371 e. The van der Waals surface area contributed by atoms with Gasteiger partial charge in [-0.15, -0.1) is 11.3 Å². The molecule has 9 heteroatoms. The maximum atomic E-state index is 6.39. The van der Waals surface area contributed by atoms with Crippen molar-refractivity contribution in [1.29, 1.82) is 0 Å². The van der Waals surface area contributed by atoms with E-state index in [1.165, 1.54) is 0 Å². The molecule has 6 nitrogen and oxygen atoms in total. The summed E-state index contributed by atoms with van der Waals surface area (Å²) in [6.07, 6.45) is 5.15. The minimum absolute atomic E-state index is 0.206. The Labute approximate surface area is 193 Å². The van der Waals surface area contributed by atoms with E-state index in [1.54, 1.807) is 23.9 Å². The highest BCUT2D eigenvalue weighted by atomic mass is 35.5. The van der Waals surface area contributed by atoms with Crippen LogP contribution in [0.4, 0.5) is 0 Å². The van der Waals surface area contributed by atoms with Gasteiger partial charge in [-0.1, -0.05) is 35.3 Å². The van der Waals surface area contributed by atoms with Crippen molar-refractivity contribution in [3.8, 4) is 0 Å². The van der Waals surface area contributed by atoms with Gasteiger partial charge in [-0.25, -0.2) is 9.97 Å². The van der Waals surface area contributed by atoms with Gasteiger partial charge in [0, 0.05) is 28.0 Å². The van der Waals surface area contributed by atoms with Crippen LogP contribution < -0.4 is 0 Å². The van der Waals surface area contributed by atoms with Gasteiger partial charge in [-0.2, -0.15) is 0 Å². The quantitative estimate of drug-likeness (QED) is 0.363. The molecule has 0 bridgehead atoms. The first kappa shape index (κ1) is 20.9. The van der Waals surface area contributed by atoms with Crippen molar-refractivity contribution in [2.24, 2.45) is 0 Å². The summed E-state index contributed by atoms with van der Waals surface area (Å²) in [5.41, 5.74) is 1.83. The molecule has 0 aliphatic carbocycles. The molecule has 160 valence electrons. The van der Waals surface area contributed by atoms with Gasteiger partial charge in [0.1, 0.15) is 11.1 Å². The molecule has 0 spiro atoms. The summed E-state index contributed by atoms with van der Waals surface area (Å²) >= 11 is 13.7. The van der Waals surface area contributed by atoms with Crippen molar-refractivity contribution in [3.05, 3.63) is 81.8 Å². The van der Waals surface area contributed by atoms with Gasteiger partial charge in [-0.05, 0) is 30.3 Å². The van der Waals surface area contributed by atoms with Crippen LogP contribution in [0, 0.1) is 0 Å². The van der Waals surface area contributed by atoms with Crippen LogP contribution in [0.1, 0.15) is 10.6 Å². The fraction of sp³-hybridized carbons (Fsp3) is 0.273. The highest BCUT2D eigenvalue weighted by Crippen LogP contribution is 2.37. The van der Waals surface area contributed by atoms with E-state index in [4.69, 9.17) is 37.4 Å². The van der Waals surface area contributed by atoms with E-state index in [9.17, 15) is 0 Å². The summed E-state index contributed by atoms with van der Waals surface area (Å²) in [4.78, 5) is 8.71. The molecule has 1 saturated heterocycles. The summed E-state index contributed by atoms with van der Waals surface area (Å²) < 4.78 is 21.5. The van der Waals surface area contributed by atoms with Crippen LogP contribution in [0.15, 0.2) is 61.2 Å². The van der Waals surface area contributed by atoms with E-state index < -0.39 is 5.79 Å². The fourth-order valence-corrected chi connectivity index (χ4v) is 4.89. The summed E-state index contributed by atoms with van der Waals surface area (Å²) in [5, 5.41) is 2.27. The predicted molar refractivity (Wildman–Crippen MR) is 120 cm³/mol. The maximum Gasteiger partial charge on any atom is 0.214 e. The van der Waals surface area contributed by atoms with E-state index in [0.29, 0.717) is 36.4 Å². The number of hydrogen-bond acceptors (Lipinski definition) is 6. The zero-order valence-electron chi connectivity index (χ0n) is 16.4. The van der Waals surface area contributed by atoms with Crippen LogP contribution in [-0.4, -0.2) is 33.9 Å². The lowest BCUT2D eigenvalue weighted by atomic mass is 10.1. The van der Waals surface area contributed by atoms with Gasteiger partial charge < -0.3 is 18.8 Å². The van der Waals surface area contributed by atoms with E-state index in [2.05, 4.69) is 9.97 Å². The molecule has 0 N–H and O–H groups in total. The molecule has 1 aliphatic rings. The maximum absolute atomic E-state index is 6.39. The van der Waals surface area contributed by atoms with Crippen molar-refractivity contribution in [2.45, 2.75) is 25.0 Å². The molecule has 5 rings (SSSR count). The molecule has 3 heterocycles. The third-order valence-electron chi connectivity index (χ3n) is 5.02. The molecule has 0 unspecified atom stereocenters. The Morgan fingerprint density at radius 3 is 2.81 bits per heavy atom. The number of fused-ring (bicyclic) bond motifs is 1. The van der Waals surface area contributed by atoms with Crippen LogP contribution in [-0.2, 0) is 33.1 Å². The number of thiazole rings is 1. The van der Waals surface area contributed by atoms with E-state index in [1.807, 2.05) is 53.2 Å². The van der Waals surface area contributed by atoms with Crippen LogP contribution in [0.3, 0.4) is 0 Å². The molecular formula is C22H19Cl2N3O3S. The molecule has 31 heavy (non-hydrogen) atoms. The monoisotopic (exact) mass is 475 g/mol. The molecule has 0 amide bonds. The van der Waals surface area contributed by atoms with Crippen LogP contribution in [0.5, 0.6) is 0 Å². The van der Waals surface area contributed by atoms with Gasteiger partial charge in [-0.3, -0.25) is 0 Å². The third-order valence-corrected chi connectivity index (χ3v) is 6.50. The van der Waals surface area contributed by atoms with Crippen molar-refractivity contribution in [2.75, 3.05) is 13.2 Å². The number of aromatic nitrogens is 3. The van der Waals surface area contributed by atoms with Crippen LogP contribution in [0.25, 0.3) is 10.2 Å². The minimum atomic E-state index is -0.925. The Balaban J connectivity index is 1.26. The first-order chi connectivity index (χ1) is 15.1. The lowest BCUT2D eigenvalue weighted by molar-refractivity contribution is -0.191. The second-order valence-corrected chi connectivity index (χ2v) is 9.27. The smallest absolute Gasteiger partial charge is 0.214 e. The number of hydrogen-bond donors (Lipinski definition) is 0. The van der Waals surface area contributed by atoms with E-state index in [-0.39, 0.29) is 6.10 Å².